The third kappa shape index (κ3) is 8.21. The zero-order valence-electron chi connectivity index (χ0n) is 12.6. The summed E-state index contributed by atoms with van der Waals surface area (Å²) >= 11 is 3.36. The molecule has 1 aromatic rings. The van der Waals surface area contributed by atoms with Crippen LogP contribution >= 0.6 is 15.9 Å². The van der Waals surface area contributed by atoms with Gasteiger partial charge < -0.3 is 0 Å². The van der Waals surface area contributed by atoms with Gasteiger partial charge in [-0.15, -0.1) is 0 Å². The molecule has 0 aromatic heterocycles. The topological polar surface area (TPSA) is 63.2 Å². The molecule has 0 heterocycles. The van der Waals surface area contributed by atoms with Gasteiger partial charge in [0, 0.05) is 10.9 Å². The lowest BCUT2D eigenvalue weighted by molar-refractivity contribution is -0.119. The van der Waals surface area contributed by atoms with Crippen molar-refractivity contribution in [3.63, 3.8) is 0 Å². The molecule has 0 aliphatic heterocycles. The molecule has 0 radical (unpaired) electrons. The first-order valence-corrected chi connectivity index (χ1v) is 9.30. The quantitative estimate of drug-likeness (QED) is 0.829. The molecule has 1 aromatic carbocycles. The van der Waals surface area contributed by atoms with Gasteiger partial charge >= 0.3 is 0 Å². The summed E-state index contributed by atoms with van der Waals surface area (Å²) in [4.78, 5) is 11.7. The number of hydrogen-bond donors (Lipinski definition) is 1. The number of carbonyl (C=O) groups excluding carboxylic acids is 1. The summed E-state index contributed by atoms with van der Waals surface area (Å²) in [5, 5.41) is 0. The number of nitrogens with one attached hydrogen (secondary N) is 1. The van der Waals surface area contributed by atoms with Gasteiger partial charge in [-0.3, -0.25) is 9.52 Å². The first-order valence-electron chi connectivity index (χ1n) is 6.85. The van der Waals surface area contributed by atoms with E-state index in [2.05, 4.69) is 20.7 Å². The van der Waals surface area contributed by atoms with Crippen molar-refractivity contribution in [3.05, 3.63) is 34.3 Å². The molecule has 0 aliphatic rings. The molecule has 0 atom stereocenters. The number of benzene rings is 1. The lowest BCUT2D eigenvalue weighted by Crippen LogP contribution is -2.33. The van der Waals surface area contributed by atoms with Gasteiger partial charge in [-0.25, -0.2) is 8.42 Å². The zero-order valence-corrected chi connectivity index (χ0v) is 15.1. The van der Waals surface area contributed by atoms with Crippen LogP contribution in [0.3, 0.4) is 0 Å². The Labute approximate surface area is 135 Å². The van der Waals surface area contributed by atoms with E-state index in [1.165, 1.54) is 0 Å². The highest BCUT2D eigenvalue weighted by Crippen LogP contribution is 2.19. The molecule has 0 saturated carbocycles. The Morgan fingerprint density at radius 1 is 1.29 bits per heavy atom. The van der Waals surface area contributed by atoms with E-state index in [9.17, 15) is 13.2 Å². The van der Waals surface area contributed by atoms with Crippen LogP contribution in [-0.2, 0) is 21.2 Å². The molecule has 0 fully saturated rings. The van der Waals surface area contributed by atoms with E-state index in [-0.39, 0.29) is 17.6 Å². The molecule has 1 rings (SSSR count). The maximum atomic E-state index is 11.8. The monoisotopic (exact) mass is 375 g/mol. The van der Waals surface area contributed by atoms with Crippen LogP contribution < -0.4 is 4.72 Å². The van der Waals surface area contributed by atoms with Gasteiger partial charge in [0.1, 0.15) is 0 Å². The fraction of sp³-hybridized carbons (Fsp3) is 0.533. The van der Waals surface area contributed by atoms with Crippen LogP contribution in [0.4, 0.5) is 0 Å². The standard InChI is InChI=1S/C15H22BrNO3S/c1-15(2,3)9-10-21(19,20)17-14(18)8-7-12-5-4-6-13(16)11-12/h4-6,11H,7-10H2,1-3H3,(H,17,18). The molecule has 4 nitrogen and oxygen atoms in total. The second-order valence-electron chi connectivity index (χ2n) is 6.28. The van der Waals surface area contributed by atoms with Crippen LogP contribution in [-0.4, -0.2) is 20.1 Å². The van der Waals surface area contributed by atoms with Crippen molar-refractivity contribution in [2.24, 2.45) is 5.41 Å². The second-order valence-corrected chi connectivity index (χ2v) is 9.04. The highest BCUT2D eigenvalue weighted by molar-refractivity contribution is 9.10. The van der Waals surface area contributed by atoms with Crippen molar-refractivity contribution in [2.45, 2.75) is 40.0 Å². The van der Waals surface area contributed by atoms with Gasteiger partial charge in [0.2, 0.25) is 15.9 Å². The number of carbonyl (C=O) groups is 1. The summed E-state index contributed by atoms with van der Waals surface area (Å²) in [7, 11) is -3.54. The lowest BCUT2D eigenvalue weighted by atomic mass is 9.94. The molecule has 0 aliphatic carbocycles. The Bertz CT molecular complexity index is 591. The van der Waals surface area contributed by atoms with E-state index in [1.54, 1.807) is 0 Å². The molecule has 0 spiro atoms. The van der Waals surface area contributed by atoms with Gasteiger partial charge in [-0.1, -0.05) is 48.8 Å². The summed E-state index contributed by atoms with van der Waals surface area (Å²) < 4.78 is 26.7. The summed E-state index contributed by atoms with van der Waals surface area (Å²) in [5.41, 5.74) is 0.917. The van der Waals surface area contributed by atoms with E-state index in [0.717, 1.165) is 10.0 Å². The van der Waals surface area contributed by atoms with Gasteiger partial charge in [0.05, 0.1) is 5.75 Å². The fourth-order valence-corrected chi connectivity index (χ4v) is 3.55. The van der Waals surface area contributed by atoms with E-state index in [0.29, 0.717) is 12.8 Å². The van der Waals surface area contributed by atoms with Crippen molar-refractivity contribution >= 4 is 31.9 Å². The van der Waals surface area contributed by atoms with E-state index < -0.39 is 15.9 Å². The third-order valence-electron chi connectivity index (χ3n) is 2.92. The maximum Gasteiger partial charge on any atom is 0.234 e. The van der Waals surface area contributed by atoms with Gasteiger partial charge in [-0.05, 0) is 36.0 Å². The van der Waals surface area contributed by atoms with Crippen LogP contribution in [0.2, 0.25) is 0 Å². The minimum Gasteiger partial charge on any atom is -0.274 e. The highest BCUT2D eigenvalue weighted by Gasteiger charge is 2.19. The highest BCUT2D eigenvalue weighted by atomic mass is 79.9. The molecule has 118 valence electrons. The second kappa shape index (κ2) is 7.40. The Hall–Kier alpha value is -0.880. The van der Waals surface area contributed by atoms with Crippen molar-refractivity contribution in [3.8, 4) is 0 Å². The molecular formula is C15H22BrNO3S. The Morgan fingerprint density at radius 3 is 2.52 bits per heavy atom. The van der Waals surface area contributed by atoms with Crippen LogP contribution in [0.25, 0.3) is 0 Å². The van der Waals surface area contributed by atoms with Crippen molar-refractivity contribution in [1.82, 2.24) is 4.72 Å². The minimum absolute atomic E-state index is 0.0286. The zero-order chi connectivity index (χ0) is 16.1. The van der Waals surface area contributed by atoms with Gasteiger partial charge in [-0.2, -0.15) is 0 Å². The normalized spacial score (nSPS) is 12.2. The Balaban J connectivity index is 2.46. The van der Waals surface area contributed by atoms with Crippen molar-refractivity contribution in [2.75, 3.05) is 5.75 Å². The average molecular weight is 376 g/mol. The van der Waals surface area contributed by atoms with Crippen molar-refractivity contribution < 1.29 is 13.2 Å². The number of aryl methyl sites for hydroxylation is 1. The van der Waals surface area contributed by atoms with Crippen LogP contribution in [0.15, 0.2) is 28.7 Å². The molecule has 1 N–H and O–H groups in total. The number of amides is 1. The number of sulfonamides is 1. The Kier molecular flexibility index (Phi) is 6.41. The summed E-state index contributed by atoms with van der Waals surface area (Å²) in [6.45, 7) is 5.91. The molecule has 0 bridgehead atoms. The average Bonchev–Trinajstić information content (AvgIpc) is 2.33. The van der Waals surface area contributed by atoms with E-state index in [4.69, 9.17) is 0 Å². The number of hydrogen-bond acceptors (Lipinski definition) is 3. The lowest BCUT2D eigenvalue weighted by Gasteiger charge is -2.17. The van der Waals surface area contributed by atoms with Crippen LogP contribution in [0, 0.1) is 5.41 Å². The van der Waals surface area contributed by atoms with Crippen molar-refractivity contribution in [1.29, 1.82) is 0 Å². The summed E-state index contributed by atoms with van der Waals surface area (Å²) in [6, 6.07) is 7.62. The van der Waals surface area contributed by atoms with Crippen LogP contribution in [0.1, 0.15) is 39.2 Å². The SMILES string of the molecule is CC(C)(C)CCS(=O)(=O)NC(=O)CCc1cccc(Br)c1. The van der Waals surface area contributed by atoms with E-state index >= 15 is 0 Å². The molecule has 6 heteroatoms. The molecule has 0 unspecified atom stereocenters. The first-order chi connectivity index (χ1) is 9.57. The number of rotatable bonds is 6. The first kappa shape index (κ1) is 18.2. The molecule has 21 heavy (non-hydrogen) atoms. The molecule has 1 amide bonds. The van der Waals surface area contributed by atoms with E-state index in [1.807, 2.05) is 45.0 Å². The summed E-state index contributed by atoms with van der Waals surface area (Å²) in [6.07, 6.45) is 1.19. The maximum absolute atomic E-state index is 11.8. The predicted octanol–water partition coefficient (Wildman–Crippen LogP) is 3.26. The predicted molar refractivity (Wildman–Crippen MR) is 88.5 cm³/mol. The van der Waals surface area contributed by atoms with Crippen LogP contribution in [0.5, 0.6) is 0 Å². The molecular weight excluding hydrogens is 354 g/mol. The number of halogens is 1. The summed E-state index contributed by atoms with van der Waals surface area (Å²) in [5.74, 6) is -0.483. The smallest absolute Gasteiger partial charge is 0.234 e. The largest absolute Gasteiger partial charge is 0.274 e. The molecule has 0 saturated heterocycles. The van der Waals surface area contributed by atoms with Gasteiger partial charge in [0.15, 0.2) is 0 Å². The Morgan fingerprint density at radius 2 is 1.95 bits per heavy atom. The minimum atomic E-state index is -3.54. The van der Waals surface area contributed by atoms with Gasteiger partial charge in [0.25, 0.3) is 0 Å². The third-order valence-corrected chi connectivity index (χ3v) is 4.69. The fourth-order valence-electron chi connectivity index (χ4n) is 1.67.